The highest BCUT2D eigenvalue weighted by Gasteiger charge is 2.32. The van der Waals surface area contributed by atoms with Crippen molar-refractivity contribution in [3.63, 3.8) is 0 Å². The van der Waals surface area contributed by atoms with Crippen LogP contribution < -0.4 is 14.7 Å². The Morgan fingerprint density at radius 1 is 0.575 bits per heavy atom. The van der Waals surface area contributed by atoms with Crippen LogP contribution in [0.4, 0.5) is 17.1 Å². The van der Waals surface area contributed by atoms with Crippen molar-refractivity contribution in [1.82, 2.24) is 9.80 Å². The van der Waals surface area contributed by atoms with Crippen molar-refractivity contribution in [1.29, 1.82) is 0 Å². The second-order valence-electron chi connectivity index (χ2n) is 11.0. The third-order valence-corrected chi connectivity index (χ3v) is 7.41. The van der Waals surface area contributed by atoms with E-state index in [0.29, 0.717) is 0 Å². The summed E-state index contributed by atoms with van der Waals surface area (Å²) in [5, 5.41) is 0. The van der Waals surface area contributed by atoms with Gasteiger partial charge in [0.2, 0.25) is 0 Å². The molecule has 0 spiro atoms. The van der Waals surface area contributed by atoms with Crippen molar-refractivity contribution < 1.29 is 0 Å². The Bertz CT molecular complexity index is 1160. The first kappa shape index (κ1) is 29.3. The third kappa shape index (κ3) is 7.93. The van der Waals surface area contributed by atoms with Crippen molar-refractivity contribution >= 4 is 29.5 Å². The van der Waals surface area contributed by atoms with E-state index in [1.807, 2.05) is 12.4 Å². The minimum Gasteiger partial charge on any atom is -0.378 e. The van der Waals surface area contributed by atoms with Crippen molar-refractivity contribution in [3.8, 4) is 0 Å². The van der Waals surface area contributed by atoms with Crippen molar-refractivity contribution in [2.24, 2.45) is 9.98 Å². The molecule has 7 heteroatoms. The van der Waals surface area contributed by atoms with Crippen LogP contribution in [0.25, 0.3) is 0 Å². The molecule has 0 radical (unpaired) electrons. The van der Waals surface area contributed by atoms with Crippen LogP contribution in [0.1, 0.15) is 22.9 Å². The lowest BCUT2D eigenvalue weighted by Crippen LogP contribution is -2.33. The molecule has 3 aromatic carbocycles. The molecule has 0 aromatic heterocycles. The standard InChI is InChI=1S/C33H45N7/c1-36(2)30-13-7-27(8-14-30)25-34-19-21-39-23-24-40(33(39)29-11-17-32(18-12-29)38(5)6)22-20-35-26-28-9-15-31(16-10-28)37(3)4/h7-18,25-26,33H,19-24H2,1-6H3. The van der Waals surface area contributed by atoms with E-state index in [0.717, 1.165) is 50.4 Å². The lowest BCUT2D eigenvalue weighted by atomic mass is 10.1. The number of hydrogen-bond donors (Lipinski definition) is 0. The van der Waals surface area contributed by atoms with Crippen molar-refractivity contribution in [3.05, 3.63) is 89.5 Å². The van der Waals surface area contributed by atoms with Crippen LogP contribution in [0.3, 0.4) is 0 Å². The second kappa shape index (κ2) is 14.1. The molecular weight excluding hydrogens is 494 g/mol. The fraction of sp³-hybridized carbons (Fsp3) is 0.394. The Kier molecular flexibility index (Phi) is 10.3. The van der Waals surface area contributed by atoms with Crippen LogP contribution in [0.5, 0.6) is 0 Å². The van der Waals surface area contributed by atoms with Crippen LogP contribution in [-0.2, 0) is 0 Å². The van der Waals surface area contributed by atoms with Crippen molar-refractivity contribution in [2.45, 2.75) is 6.17 Å². The van der Waals surface area contributed by atoms with Crippen LogP contribution in [0.15, 0.2) is 82.8 Å². The highest BCUT2D eigenvalue weighted by Crippen LogP contribution is 2.30. The highest BCUT2D eigenvalue weighted by atomic mass is 15.4. The fourth-order valence-corrected chi connectivity index (χ4v) is 5.00. The van der Waals surface area contributed by atoms with E-state index in [9.17, 15) is 0 Å². The van der Waals surface area contributed by atoms with Gasteiger partial charge in [-0.25, -0.2) is 0 Å². The van der Waals surface area contributed by atoms with E-state index < -0.39 is 0 Å². The number of anilines is 3. The van der Waals surface area contributed by atoms with E-state index in [1.165, 1.54) is 22.6 Å². The molecule has 0 bridgehead atoms. The first-order valence-corrected chi connectivity index (χ1v) is 14.1. The van der Waals surface area contributed by atoms with Gasteiger partial charge in [0, 0.05) is 98.0 Å². The summed E-state index contributed by atoms with van der Waals surface area (Å²) in [7, 11) is 12.4. The Labute approximate surface area is 241 Å². The number of rotatable bonds is 12. The SMILES string of the molecule is CN(C)c1ccc(C=NCCN2CCN(CCN=Cc3ccc(N(C)C)cc3)C2c2ccc(N(C)C)cc2)cc1. The van der Waals surface area contributed by atoms with E-state index in [1.54, 1.807) is 0 Å². The van der Waals surface area contributed by atoms with Gasteiger partial charge in [0.15, 0.2) is 0 Å². The monoisotopic (exact) mass is 539 g/mol. The number of hydrogen-bond acceptors (Lipinski definition) is 7. The second-order valence-corrected chi connectivity index (χ2v) is 11.0. The van der Waals surface area contributed by atoms with Gasteiger partial charge in [0.25, 0.3) is 0 Å². The van der Waals surface area contributed by atoms with Crippen LogP contribution in [0, 0.1) is 0 Å². The van der Waals surface area contributed by atoms with Crippen LogP contribution >= 0.6 is 0 Å². The predicted molar refractivity (Wildman–Crippen MR) is 173 cm³/mol. The predicted octanol–water partition coefficient (Wildman–Crippen LogP) is 4.74. The zero-order valence-electron chi connectivity index (χ0n) is 25.0. The molecule has 0 atom stereocenters. The first-order valence-electron chi connectivity index (χ1n) is 14.1. The molecule has 3 aromatic rings. The topological polar surface area (TPSA) is 40.9 Å². The van der Waals surface area contributed by atoms with Gasteiger partial charge < -0.3 is 14.7 Å². The van der Waals surface area contributed by atoms with Gasteiger partial charge in [-0.05, 0) is 53.1 Å². The summed E-state index contributed by atoms with van der Waals surface area (Å²) in [6.07, 6.45) is 4.22. The fourth-order valence-electron chi connectivity index (χ4n) is 5.00. The molecule has 40 heavy (non-hydrogen) atoms. The van der Waals surface area contributed by atoms with Crippen LogP contribution in [-0.4, -0.2) is 104 Å². The summed E-state index contributed by atoms with van der Waals surface area (Å²) in [5.41, 5.74) is 7.22. The molecular formula is C33H45N7. The molecule has 1 aliphatic heterocycles. The van der Waals surface area contributed by atoms with E-state index in [-0.39, 0.29) is 6.17 Å². The Balaban J connectivity index is 1.38. The lowest BCUT2D eigenvalue weighted by molar-refractivity contribution is 0.143. The average Bonchev–Trinajstić information content (AvgIpc) is 3.36. The lowest BCUT2D eigenvalue weighted by Gasteiger charge is -2.30. The minimum absolute atomic E-state index is 0.236. The van der Waals surface area contributed by atoms with E-state index in [2.05, 4.69) is 140 Å². The number of benzene rings is 3. The molecule has 1 heterocycles. The summed E-state index contributed by atoms with van der Waals surface area (Å²) < 4.78 is 0. The molecule has 1 saturated heterocycles. The van der Waals surface area contributed by atoms with Gasteiger partial charge in [-0.1, -0.05) is 36.4 Å². The number of nitrogens with zero attached hydrogens (tertiary/aromatic N) is 7. The van der Waals surface area contributed by atoms with Crippen LogP contribution in [0.2, 0.25) is 0 Å². The maximum absolute atomic E-state index is 4.76. The van der Waals surface area contributed by atoms with Gasteiger partial charge in [-0.3, -0.25) is 19.8 Å². The maximum atomic E-state index is 4.76. The summed E-state index contributed by atoms with van der Waals surface area (Å²) >= 11 is 0. The van der Waals surface area contributed by atoms with Gasteiger partial charge in [0.05, 0.1) is 19.3 Å². The summed E-state index contributed by atoms with van der Waals surface area (Å²) in [4.78, 5) is 21.0. The Hall–Kier alpha value is -3.68. The first-order chi connectivity index (χ1) is 19.3. The largest absolute Gasteiger partial charge is 0.378 e. The zero-order chi connectivity index (χ0) is 28.5. The third-order valence-electron chi connectivity index (χ3n) is 7.41. The molecule has 0 amide bonds. The Morgan fingerprint density at radius 2 is 0.925 bits per heavy atom. The molecule has 1 fully saturated rings. The smallest absolute Gasteiger partial charge is 0.0888 e. The average molecular weight is 540 g/mol. The summed E-state index contributed by atoms with van der Waals surface area (Å²) in [6, 6.07) is 26.0. The molecule has 0 unspecified atom stereocenters. The van der Waals surface area contributed by atoms with Crippen molar-refractivity contribution in [2.75, 3.05) is 96.3 Å². The maximum Gasteiger partial charge on any atom is 0.0888 e. The van der Waals surface area contributed by atoms with E-state index >= 15 is 0 Å². The van der Waals surface area contributed by atoms with Gasteiger partial charge in [-0.2, -0.15) is 0 Å². The highest BCUT2D eigenvalue weighted by molar-refractivity contribution is 5.80. The van der Waals surface area contributed by atoms with Gasteiger partial charge in [0.1, 0.15) is 0 Å². The summed E-state index contributed by atoms with van der Waals surface area (Å²) in [5.74, 6) is 0. The quantitative estimate of drug-likeness (QED) is 0.311. The number of aliphatic imine (C=N–C) groups is 2. The molecule has 0 aliphatic carbocycles. The zero-order valence-corrected chi connectivity index (χ0v) is 25.0. The molecule has 0 N–H and O–H groups in total. The van der Waals surface area contributed by atoms with Gasteiger partial charge >= 0.3 is 0 Å². The molecule has 0 saturated carbocycles. The summed E-state index contributed by atoms with van der Waals surface area (Å²) in [6.45, 7) is 5.45. The van der Waals surface area contributed by atoms with Gasteiger partial charge in [-0.15, -0.1) is 0 Å². The molecule has 7 nitrogen and oxygen atoms in total. The molecule has 4 rings (SSSR count). The molecule has 1 aliphatic rings. The Morgan fingerprint density at radius 3 is 1.27 bits per heavy atom. The van der Waals surface area contributed by atoms with E-state index in [4.69, 9.17) is 9.98 Å². The molecule has 212 valence electrons. The normalized spacial score (nSPS) is 16.3. The minimum atomic E-state index is 0.236.